The summed E-state index contributed by atoms with van der Waals surface area (Å²) in [6.07, 6.45) is 5.34. The molecule has 3 rings (SSSR count). The van der Waals surface area contributed by atoms with Crippen molar-refractivity contribution >= 4 is 29.8 Å². The molecule has 6 heteroatoms. The molecule has 0 aliphatic carbocycles. The number of halogens is 1. The lowest BCUT2D eigenvalue weighted by atomic mass is 10.2. The van der Waals surface area contributed by atoms with Crippen molar-refractivity contribution in [1.82, 2.24) is 15.2 Å². The summed E-state index contributed by atoms with van der Waals surface area (Å²) in [6, 6.07) is 17.9. The number of benzene rings is 2. The van der Waals surface area contributed by atoms with E-state index in [2.05, 4.69) is 26.4 Å². The largest absolute Gasteiger partial charge is 0.296 e. The van der Waals surface area contributed by atoms with Gasteiger partial charge >= 0.3 is 0 Å². The van der Waals surface area contributed by atoms with Gasteiger partial charge in [-0.05, 0) is 23.3 Å². The first-order valence-corrected chi connectivity index (χ1v) is 9.80. The van der Waals surface area contributed by atoms with E-state index in [1.54, 1.807) is 6.21 Å². The monoisotopic (exact) mass is 396 g/mol. The van der Waals surface area contributed by atoms with Crippen molar-refractivity contribution in [2.24, 2.45) is 5.10 Å². The van der Waals surface area contributed by atoms with Crippen LogP contribution in [0, 0.1) is 0 Å². The average Bonchev–Trinajstić information content (AvgIpc) is 2.72. The molecule has 0 unspecified atom stereocenters. The molecule has 1 N–H and O–H groups in total. The van der Waals surface area contributed by atoms with E-state index in [9.17, 15) is 4.79 Å². The molecule has 1 aliphatic rings. The Kier molecular flexibility index (Phi) is 7.79. The van der Waals surface area contributed by atoms with Gasteiger partial charge in [-0.15, -0.1) is 0 Å². The van der Waals surface area contributed by atoms with Gasteiger partial charge in [0.15, 0.2) is 0 Å². The molecule has 0 spiro atoms. The van der Waals surface area contributed by atoms with Crippen molar-refractivity contribution in [2.45, 2.75) is 6.54 Å². The predicted molar refractivity (Wildman–Crippen MR) is 115 cm³/mol. The molecule has 1 amide bonds. The van der Waals surface area contributed by atoms with Crippen LogP contribution in [0.2, 0.25) is 5.02 Å². The molecule has 0 aromatic heterocycles. The second-order valence-corrected chi connectivity index (χ2v) is 7.13. The van der Waals surface area contributed by atoms with Crippen LogP contribution in [0.3, 0.4) is 0 Å². The fraction of sp³-hybridized carbons (Fsp3) is 0.273. The van der Waals surface area contributed by atoms with Crippen molar-refractivity contribution in [2.75, 3.05) is 32.7 Å². The number of hydrogen-bond acceptors (Lipinski definition) is 4. The third-order valence-electron chi connectivity index (χ3n) is 4.62. The van der Waals surface area contributed by atoms with Crippen LogP contribution in [0.15, 0.2) is 65.8 Å². The van der Waals surface area contributed by atoms with Crippen LogP contribution in [0.1, 0.15) is 11.1 Å². The molecule has 2 aromatic rings. The van der Waals surface area contributed by atoms with E-state index in [-0.39, 0.29) is 5.91 Å². The highest BCUT2D eigenvalue weighted by molar-refractivity contribution is 6.31. The van der Waals surface area contributed by atoms with Crippen LogP contribution in [-0.2, 0) is 11.3 Å². The number of nitrogens with one attached hydrogen (secondary N) is 1. The number of hydrazone groups is 1. The van der Waals surface area contributed by atoms with E-state index >= 15 is 0 Å². The molecule has 0 bridgehead atoms. The zero-order valence-corrected chi connectivity index (χ0v) is 16.6. The minimum atomic E-state index is -0.0936. The Morgan fingerprint density at radius 1 is 1.00 bits per heavy atom. The van der Waals surface area contributed by atoms with Crippen LogP contribution in [0.25, 0.3) is 6.08 Å². The van der Waals surface area contributed by atoms with Crippen molar-refractivity contribution < 1.29 is 4.79 Å². The topological polar surface area (TPSA) is 47.9 Å². The number of piperazine rings is 1. The van der Waals surface area contributed by atoms with Gasteiger partial charge in [0, 0.05) is 44.0 Å². The predicted octanol–water partition coefficient (Wildman–Crippen LogP) is 3.27. The van der Waals surface area contributed by atoms with Gasteiger partial charge in [0.1, 0.15) is 0 Å². The van der Waals surface area contributed by atoms with E-state index in [0.717, 1.165) is 48.9 Å². The summed E-state index contributed by atoms with van der Waals surface area (Å²) in [6.45, 7) is 4.76. The summed E-state index contributed by atoms with van der Waals surface area (Å²) in [5, 5.41) is 4.78. The SMILES string of the molecule is O=C(CN1CCN(Cc2ccccc2Cl)CC1)NN=CC=Cc1ccccc1. The van der Waals surface area contributed by atoms with Crippen molar-refractivity contribution in [3.05, 3.63) is 76.8 Å². The van der Waals surface area contributed by atoms with Crippen molar-refractivity contribution in [3.63, 3.8) is 0 Å². The number of carbonyl (C=O) groups is 1. The molecule has 0 saturated carbocycles. The minimum Gasteiger partial charge on any atom is -0.296 e. The number of allylic oxidation sites excluding steroid dienone is 1. The number of rotatable bonds is 7. The molecule has 1 fully saturated rings. The standard InChI is InChI=1S/C22H25ClN4O/c23-21-11-5-4-10-20(21)17-26-13-15-27(16-14-26)18-22(28)25-24-12-6-9-19-7-2-1-3-8-19/h1-12H,13-18H2,(H,25,28). The number of carbonyl (C=O) groups excluding carboxylic acids is 1. The Labute approximate surface area is 171 Å². The summed E-state index contributed by atoms with van der Waals surface area (Å²) < 4.78 is 0. The average molecular weight is 397 g/mol. The maximum absolute atomic E-state index is 12.0. The van der Waals surface area contributed by atoms with Gasteiger partial charge in [-0.3, -0.25) is 14.6 Å². The summed E-state index contributed by atoms with van der Waals surface area (Å²) in [5.41, 5.74) is 4.82. The molecule has 0 radical (unpaired) electrons. The van der Waals surface area contributed by atoms with Crippen LogP contribution in [-0.4, -0.2) is 54.6 Å². The van der Waals surface area contributed by atoms with Crippen LogP contribution >= 0.6 is 11.6 Å². The molecule has 28 heavy (non-hydrogen) atoms. The van der Waals surface area contributed by atoms with Gasteiger partial charge in [-0.2, -0.15) is 5.10 Å². The number of nitrogens with zero attached hydrogens (tertiary/aromatic N) is 3. The number of amides is 1. The summed E-state index contributed by atoms with van der Waals surface area (Å²) in [4.78, 5) is 16.5. The Hall–Kier alpha value is -2.47. The lowest BCUT2D eigenvalue weighted by Crippen LogP contribution is -2.48. The fourth-order valence-corrected chi connectivity index (χ4v) is 3.28. The summed E-state index contributed by atoms with van der Waals surface area (Å²) >= 11 is 6.24. The Balaban J connectivity index is 1.35. The molecule has 146 valence electrons. The molecular weight excluding hydrogens is 372 g/mol. The molecule has 0 atom stereocenters. The fourth-order valence-electron chi connectivity index (χ4n) is 3.08. The highest BCUT2D eigenvalue weighted by atomic mass is 35.5. The normalized spacial score (nSPS) is 16.0. The van der Waals surface area contributed by atoms with Crippen LogP contribution in [0.5, 0.6) is 0 Å². The smallest absolute Gasteiger partial charge is 0.254 e. The van der Waals surface area contributed by atoms with E-state index in [4.69, 9.17) is 11.6 Å². The van der Waals surface area contributed by atoms with Crippen molar-refractivity contribution in [1.29, 1.82) is 0 Å². The zero-order valence-electron chi connectivity index (χ0n) is 15.8. The van der Waals surface area contributed by atoms with Gasteiger partial charge in [0.25, 0.3) is 5.91 Å². The first kappa shape index (κ1) is 20.3. The Morgan fingerprint density at radius 3 is 2.43 bits per heavy atom. The van der Waals surface area contributed by atoms with Gasteiger partial charge in [0.05, 0.1) is 6.54 Å². The summed E-state index contributed by atoms with van der Waals surface area (Å²) in [5.74, 6) is -0.0936. The van der Waals surface area contributed by atoms with Gasteiger partial charge in [-0.1, -0.05) is 66.2 Å². The lowest BCUT2D eigenvalue weighted by molar-refractivity contribution is -0.122. The third kappa shape index (κ3) is 6.60. The Morgan fingerprint density at radius 2 is 1.68 bits per heavy atom. The first-order chi connectivity index (χ1) is 13.7. The van der Waals surface area contributed by atoms with Gasteiger partial charge in [-0.25, -0.2) is 5.43 Å². The minimum absolute atomic E-state index is 0.0936. The summed E-state index contributed by atoms with van der Waals surface area (Å²) in [7, 11) is 0. The molecule has 1 aliphatic heterocycles. The molecule has 1 saturated heterocycles. The quantitative estimate of drug-likeness (QED) is 0.577. The lowest BCUT2D eigenvalue weighted by Gasteiger charge is -2.34. The Bertz CT molecular complexity index is 814. The molecule has 5 nitrogen and oxygen atoms in total. The molecular formula is C22H25ClN4O. The third-order valence-corrected chi connectivity index (χ3v) is 4.99. The van der Waals surface area contributed by atoms with Crippen LogP contribution in [0.4, 0.5) is 0 Å². The second-order valence-electron chi connectivity index (χ2n) is 6.73. The van der Waals surface area contributed by atoms with Crippen molar-refractivity contribution in [3.8, 4) is 0 Å². The van der Waals surface area contributed by atoms with Gasteiger partial charge < -0.3 is 0 Å². The van der Waals surface area contributed by atoms with E-state index < -0.39 is 0 Å². The zero-order chi connectivity index (χ0) is 19.6. The maximum Gasteiger partial charge on any atom is 0.254 e. The first-order valence-electron chi connectivity index (χ1n) is 9.42. The highest BCUT2D eigenvalue weighted by Crippen LogP contribution is 2.17. The van der Waals surface area contributed by atoms with Gasteiger partial charge in [0.2, 0.25) is 0 Å². The van der Waals surface area contributed by atoms with E-state index in [1.165, 1.54) is 0 Å². The number of hydrogen-bond donors (Lipinski definition) is 1. The van der Waals surface area contributed by atoms with E-state index in [0.29, 0.717) is 6.54 Å². The molecule has 1 heterocycles. The van der Waals surface area contributed by atoms with E-state index in [1.807, 2.05) is 60.7 Å². The maximum atomic E-state index is 12.0. The highest BCUT2D eigenvalue weighted by Gasteiger charge is 2.19. The molecule has 2 aromatic carbocycles. The second kappa shape index (κ2) is 10.8. The van der Waals surface area contributed by atoms with Crippen LogP contribution < -0.4 is 5.43 Å².